The SMILES string of the molecule is CC(C)c1cccc(C(C)C)c1NC(=O)NCC1CCCO1. The quantitative estimate of drug-likeness (QED) is 0.855. The van der Waals surface area contributed by atoms with Crippen LogP contribution in [-0.2, 0) is 4.74 Å². The van der Waals surface area contributed by atoms with Crippen LogP contribution in [-0.4, -0.2) is 25.3 Å². The van der Waals surface area contributed by atoms with Gasteiger partial charge in [-0.1, -0.05) is 45.9 Å². The molecular weight excluding hydrogens is 276 g/mol. The number of benzene rings is 1. The summed E-state index contributed by atoms with van der Waals surface area (Å²) >= 11 is 0. The molecule has 4 nitrogen and oxygen atoms in total. The summed E-state index contributed by atoms with van der Waals surface area (Å²) in [7, 11) is 0. The predicted octanol–water partition coefficient (Wildman–Crippen LogP) is 4.23. The van der Waals surface area contributed by atoms with Crippen LogP contribution in [0.2, 0.25) is 0 Å². The number of para-hydroxylation sites is 1. The first-order chi connectivity index (χ1) is 10.5. The number of ether oxygens (including phenoxy) is 1. The average molecular weight is 304 g/mol. The summed E-state index contributed by atoms with van der Waals surface area (Å²) in [5.74, 6) is 0.735. The fourth-order valence-electron chi connectivity index (χ4n) is 2.86. The van der Waals surface area contributed by atoms with Gasteiger partial charge in [-0.2, -0.15) is 0 Å². The Kier molecular flexibility index (Phi) is 5.83. The van der Waals surface area contributed by atoms with Crippen molar-refractivity contribution in [3.05, 3.63) is 29.3 Å². The van der Waals surface area contributed by atoms with Gasteiger partial charge in [-0.25, -0.2) is 4.79 Å². The zero-order valence-corrected chi connectivity index (χ0v) is 14.1. The molecule has 0 aromatic heterocycles. The first-order valence-electron chi connectivity index (χ1n) is 8.28. The first kappa shape index (κ1) is 16.8. The number of anilines is 1. The Morgan fingerprint density at radius 2 is 1.86 bits per heavy atom. The summed E-state index contributed by atoms with van der Waals surface area (Å²) in [5, 5.41) is 5.99. The molecule has 1 unspecified atom stereocenters. The molecule has 22 heavy (non-hydrogen) atoms. The van der Waals surface area contributed by atoms with E-state index in [1.165, 1.54) is 11.1 Å². The smallest absolute Gasteiger partial charge is 0.319 e. The van der Waals surface area contributed by atoms with E-state index in [0.717, 1.165) is 25.1 Å². The molecule has 2 rings (SSSR count). The van der Waals surface area contributed by atoms with Crippen molar-refractivity contribution in [2.75, 3.05) is 18.5 Å². The van der Waals surface area contributed by atoms with Gasteiger partial charge in [0.1, 0.15) is 0 Å². The molecule has 0 aliphatic carbocycles. The zero-order chi connectivity index (χ0) is 16.1. The lowest BCUT2D eigenvalue weighted by atomic mass is 9.93. The van der Waals surface area contributed by atoms with Crippen molar-refractivity contribution in [3.8, 4) is 0 Å². The number of hydrogen-bond acceptors (Lipinski definition) is 2. The van der Waals surface area contributed by atoms with Crippen molar-refractivity contribution in [1.29, 1.82) is 0 Å². The van der Waals surface area contributed by atoms with Gasteiger partial charge < -0.3 is 15.4 Å². The molecule has 4 heteroatoms. The van der Waals surface area contributed by atoms with Crippen molar-refractivity contribution in [1.82, 2.24) is 5.32 Å². The Labute approximate surface area is 133 Å². The Morgan fingerprint density at radius 1 is 1.23 bits per heavy atom. The van der Waals surface area contributed by atoms with Crippen molar-refractivity contribution < 1.29 is 9.53 Å². The van der Waals surface area contributed by atoms with Crippen molar-refractivity contribution in [3.63, 3.8) is 0 Å². The number of carbonyl (C=O) groups is 1. The number of carbonyl (C=O) groups excluding carboxylic acids is 1. The molecule has 1 saturated heterocycles. The second-order valence-electron chi connectivity index (χ2n) is 6.59. The number of nitrogens with one attached hydrogen (secondary N) is 2. The van der Waals surface area contributed by atoms with Gasteiger partial charge in [0.05, 0.1) is 6.10 Å². The van der Waals surface area contributed by atoms with Crippen molar-refractivity contribution in [2.45, 2.75) is 58.5 Å². The average Bonchev–Trinajstić information content (AvgIpc) is 2.98. The first-order valence-corrected chi connectivity index (χ1v) is 8.28. The van der Waals surface area contributed by atoms with E-state index in [1.807, 2.05) is 0 Å². The highest BCUT2D eigenvalue weighted by Gasteiger charge is 2.18. The molecule has 122 valence electrons. The van der Waals surface area contributed by atoms with E-state index < -0.39 is 0 Å². The molecule has 1 fully saturated rings. The summed E-state index contributed by atoms with van der Waals surface area (Å²) in [6, 6.07) is 6.10. The van der Waals surface area contributed by atoms with Crippen LogP contribution >= 0.6 is 0 Å². The normalized spacial score (nSPS) is 18.0. The minimum absolute atomic E-state index is 0.148. The van der Waals surface area contributed by atoms with Crippen LogP contribution in [0.1, 0.15) is 63.5 Å². The molecule has 0 saturated carbocycles. The van der Waals surface area contributed by atoms with Gasteiger partial charge in [0.2, 0.25) is 0 Å². The topological polar surface area (TPSA) is 50.4 Å². The highest BCUT2D eigenvalue weighted by molar-refractivity contribution is 5.91. The summed E-state index contributed by atoms with van der Waals surface area (Å²) in [5.41, 5.74) is 3.31. The lowest BCUT2D eigenvalue weighted by Gasteiger charge is -2.20. The number of rotatable bonds is 5. The molecule has 1 atom stereocenters. The van der Waals surface area contributed by atoms with Gasteiger partial charge in [0.15, 0.2) is 0 Å². The van der Waals surface area contributed by atoms with Gasteiger partial charge in [0, 0.05) is 18.8 Å². The Hall–Kier alpha value is -1.55. The van der Waals surface area contributed by atoms with Crippen LogP contribution in [0.25, 0.3) is 0 Å². The Balaban J connectivity index is 2.07. The molecule has 1 heterocycles. The Morgan fingerprint density at radius 3 is 2.36 bits per heavy atom. The van der Waals surface area contributed by atoms with E-state index >= 15 is 0 Å². The molecule has 1 aliphatic rings. The van der Waals surface area contributed by atoms with Crippen LogP contribution in [0.4, 0.5) is 10.5 Å². The summed E-state index contributed by atoms with van der Waals surface area (Å²) in [4.78, 5) is 12.2. The van der Waals surface area contributed by atoms with Crippen LogP contribution in [0.15, 0.2) is 18.2 Å². The molecule has 2 amide bonds. The second kappa shape index (κ2) is 7.63. The van der Waals surface area contributed by atoms with Crippen LogP contribution in [0, 0.1) is 0 Å². The summed E-state index contributed by atoms with van der Waals surface area (Å²) < 4.78 is 5.53. The molecule has 1 aromatic carbocycles. The van der Waals surface area contributed by atoms with Gasteiger partial charge in [-0.3, -0.25) is 0 Å². The minimum Gasteiger partial charge on any atom is -0.376 e. The molecular formula is C18H28N2O2. The van der Waals surface area contributed by atoms with Gasteiger partial charge in [-0.15, -0.1) is 0 Å². The highest BCUT2D eigenvalue weighted by Crippen LogP contribution is 2.32. The lowest BCUT2D eigenvalue weighted by molar-refractivity contribution is 0.112. The van der Waals surface area contributed by atoms with E-state index in [2.05, 4.69) is 56.5 Å². The van der Waals surface area contributed by atoms with Gasteiger partial charge >= 0.3 is 6.03 Å². The van der Waals surface area contributed by atoms with Crippen molar-refractivity contribution in [2.24, 2.45) is 0 Å². The molecule has 0 radical (unpaired) electrons. The maximum Gasteiger partial charge on any atom is 0.319 e. The van der Waals surface area contributed by atoms with Crippen LogP contribution in [0.3, 0.4) is 0 Å². The fraction of sp³-hybridized carbons (Fsp3) is 0.611. The van der Waals surface area contributed by atoms with Gasteiger partial charge in [-0.05, 0) is 35.8 Å². The van der Waals surface area contributed by atoms with E-state index in [-0.39, 0.29) is 12.1 Å². The zero-order valence-electron chi connectivity index (χ0n) is 14.1. The molecule has 1 aromatic rings. The fourth-order valence-corrected chi connectivity index (χ4v) is 2.86. The van der Waals surface area contributed by atoms with Gasteiger partial charge in [0.25, 0.3) is 0 Å². The third kappa shape index (κ3) is 4.23. The van der Waals surface area contributed by atoms with E-state index in [4.69, 9.17) is 4.74 Å². The maximum absolute atomic E-state index is 12.2. The number of urea groups is 1. The van der Waals surface area contributed by atoms with E-state index in [1.54, 1.807) is 0 Å². The number of amides is 2. The largest absolute Gasteiger partial charge is 0.376 e. The highest BCUT2D eigenvalue weighted by atomic mass is 16.5. The van der Waals surface area contributed by atoms with E-state index in [0.29, 0.717) is 18.4 Å². The van der Waals surface area contributed by atoms with Crippen LogP contribution in [0.5, 0.6) is 0 Å². The van der Waals surface area contributed by atoms with E-state index in [9.17, 15) is 4.79 Å². The second-order valence-corrected chi connectivity index (χ2v) is 6.59. The lowest BCUT2D eigenvalue weighted by Crippen LogP contribution is -2.35. The molecule has 0 bridgehead atoms. The predicted molar refractivity (Wildman–Crippen MR) is 90.6 cm³/mol. The van der Waals surface area contributed by atoms with Crippen LogP contribution < -0.4 is 10.6 Å². The minimum atomic E-state index is -0.148. The standard InChI is InChI=1S/C18H28N2O2/c1-12(2)15-8-5-9-16(13(3)4)17(15)20-18(21)19-11-14-7-6-10-22-14/h5,8-9,12-14H,6-7,10-11H2,1-4H3,(H2,19,20,21). The number of hydrogen-bond donors (Lipinski definition) is 2. The molecule has 2 N–H and O–H groups in total. The third-order valence-electron chi connectivity index (χ3n) is 4.13. The molecule has 0 spiro atoms. The summed E-state index contributed by atoms with van der Waals surface area (Å²) in [6.45, 7) is 9.97. The van der Waals surface area contributed by atoms with Crippen molar-refractivity contribution >= 4 is 11.7 Å². The monoisotopic (exact) mass is 304 g/mol. The summed E-state index contributed by atoms with van der Waals surface area (Å²) in [6.07, 6.45) is 2.28. The third-order valence-corrected chi connectivity index (χ3v) is 4.13. The Bertz CT molecular complexity index is 480. The molecule has 1 aliphatic heterocycles. The maximum atomic E-state index is 12.2.